The maximum absolute atomic E-state index is 9.98. The molecule has 3 rings (SSSR count). The second-order valence-electron chi connectivity index (χ2n) is 4.18. The summed E-state index contributed by atoms with van der Waals surface area (Å²) in [6, 6.07) is 0. The summed E-state index contributed by atoms with van der Waals surface area (Å²) in [5.41, 5.74) is 1.18. The minimum Gasteiger partial charge on any atom is -0.479 e. The third kappa shape index (κ3) is 1.72. The van der Waals surface area contributed by atoms with Gasteiger partial charge in [-0.3, -0.25) is 4.57 Å². The Morgan fingerprint density at radius 3 is 3.11 bits per heavy atom. The Labute approximate surface area is 103 Å². The van der Waals surface area contributed by atoms with Crippen molar-refractivity contribution in [2.75, 3.05) is 13.7 Å². The molecule has 1 aliphatic rings. The van der Waals surface area contributed by atoms with Gasteiger partial charge in [-0.25, -0.2) is 9.97 Å². The molecular formula is C11H14N4O3. The molecule has 0 amide bonds. The summed E-state index contributed by atoms with van der Waals surface area (Å²) in [5, 5.41) is 9.98. The van der Waals surface area contributed by atoms with Crippen LogP contribution in [0.25, 0.3) is 11.2 Å². The Morgan fingerprint density at radius 1 is 1.44 bits per heavy atom. The first kappa shape index (κ1) is 11.4. The van der Waals surface area contributed by atoms with E-state index in [2.05, 4.69) is 15.0 Å². The molecule has 0 bridgehead atoms. The predicted molar refractivity (Wildman–Crippen MR) is 62.1 cm³/mol. The van der Waals surface area contributed by atoms with Crippen molar-refractivity contribution in [3.05, 3.63) is 12.7 Å². The molecule has 0 radical (unpaired) electrons. The van der Waals surface area contributed by atoms with Crippen molar-refractivity contribution in [3.63, 3.8) is 0 Å². The van der Waals surface area contributed by atoms with Gasteiger partial charge in [0.15, 0.2) is 17.4 Å². The monoisotopic (exact) mass is 250 g/mol. The smallest absolute Gasteiger partial charge is 0.245 e. The number of methoxy groups -OCH3 is 1. The Hall–Kier alpha value is -1.73. The summed E-state index contributed by atoms with van der Waals surface area (Å²) < 4.78 is 12.4. The van der Waals surface area contributed by atoms with Crippen LogP contribution >= 0.6 is 0 Å². The topological polar surface area (TPSA) is 82.3 Å². The van der Waals surface area contributed by atoms with Crippen LogP contribution in [-0.4, -0.2) is 44.4 Å². The minimum absolute atomic E-state index is 0.420. The third-order valence-electron chi connectivity index (χ3n) is 3.05. The zero-order chi connectivity index (χ0) is 12.5. The average Bonchev–Trinajstić information content (AvgIpc) is 2.83. The van der Waals surface area contributed by atoms with Crippen LogP contribution in [0.1, 0.15) is 19.1 Å². The lowest BCUT2D eigenvalue weighted by molar-refractivity contribution is -0.112. The fraction of sp³-hybridized carbons (Fsp3) is 0.545. The Bertz CT molecular complexity index is 556. The van der Waals surface area contributed by atoms with Crippen molar-refractivity contribution in [2.24, 2.45) is 0 Å². The number of hydrogen-bond acceptors (Lipinski definition) is 6. The number of aliphatic hydroxyl groups is 1. The van der Waals surface area contributed by atoms with E-state index in [0.29, 0.717) is 30.1 Å². The first-order valence-corrected chi connectivity index (χ1v) is 5.82. The van der Waals surface area contributed by atoms with Gasteiger partial charge in [0, 0.05) is 6.61 Å². The van der Waals surface area contributed by atoms with Crippen molar-refractivity contribution >= 4 is 11.2 Å². The maximum atomic E-state index is 9.98. The van der Waals surface area contributed by atoms with Crippen molar-refractivity contribution in [1.82, 2.24) is 19.5 Å². The van der Waals surface area contributed by atoms with Crippen LogP contribution in [0.15, 0.2) is 12.7 Å². The molecule has 0 aliphatic carbocycles. The standard InChI is InChI=1S/C11H14N4O3/c1-17-10-8-9(12-5-13-10)15(6-14-8)11-7(16)3-2-4-18-11/h5-7,11,16H,2-4H2,1H3/t7-,11-/m1/s1. The Kier molecular flexibility index (Phi) is 2.85. The number of ether oxygens (including phenoxy) is 2. The van der Waals surface area contributed by atoms with Gasteiger partial charge >= 0.3 is 0 Å². The molecule has 2 aromatic rings. The second kappa shape index (κ2) is 4.51. The summed E-state index contributed by atoms with van der Waals surface area (Å²) in [7, 11) is 1.53. The van der Waals surface area contributed by atoms with Gasteiger partial charge in [0.25, 0.3) is 0 Å². The molecule has 2 aromatic heterocycles. The van der Waals surface area contributed by atoms with Crippen molar-refractivity contribution in [1.29, 1.82) is 0 Å². The zero-order valence-electron chi connectivity index (χ0n) is 9.98. The molecular weight excluding hydrogens is 236 g/mol. The molecule has 3 heterocycles. The number of nitrogens with zero attached hydrogens (tertiary/aromatic N) is 4. The molecule has 0 aromatic carbocycles. The Morgan fingerprint density at radius 2 is 2.33 bits per heavy atom. The third-order valence-corrected chi connectivity index (χ3v) is 3.05. The van der Waals surface area contributed by atoms with Crippen LogP contribution in [0, 0.1) is 0 Å². The number of aromatic nitrogens is 4. The molecule has 1 N–H and O–H groups in total. The van der Waals surface area contributed by atoms with Gasteiger partial charge in [-0.15, -0.1) is 0 Å². The molecule has 1 aliphatic heterocycles. The first-order valence-electron chi connectivity index (χ1n) is 5.82. The summed E-state index contributed by atoms with van der Waals surface area (Å²) >= 11 is 0. The first-order chi connectivity index (χ1) is 8.81. The number of aliphatic hydroxyl groups excluding tert-OH is 1. The van der Waals surface area contributed by atoms with E-state index >= 15 is 0 Å². The van der Waals surface area contributed by atoms with Crippen LogP contribution < -0.4 is 4.74 Å². The number of rotatable bonds is 2. The van der Waals surface area contributed by atoms with E-state index in [4.69, 9.17) is 9.47 Å². The van der Waals surface area contributed by atoms with E-state index in [-0.39, 0.29) is 0 Å². The summed E-state index contributed by atoms with van der Waals surface area (Å²) in [6.45, 7) is 0.629. The quantitative estimate of drug-likeness (QED) is 0.836. The highest BCUT2D eigenvalue weighted by Gasteiger charge is 2.27. The van der Waals surface area contributed by atoms with Crippen molar-refractivity contribution in [3.8, 4) is 5.88 Å². The molecule has 18 heavy (non-hydrogen) atoms. The fourth-order valence-corrected chi connectivity index (χ4v) is 2.18. The van der Waals surface area contributed by atoms with E-state index in [1.54, 1.807) is 10.9 Å². The molecule has 0 spiro atoms. The maximum Gasteiger partial charge on any atom is 0.245 e. The average molecular weight is 250 g/mol. The van der Waals surface area contributed by atoms with Crippen LogP contribution in [0.5, 0.6) is 5.88 Å². The van der Waals surface area contributed by atoms with Gasteiger partial charge in [0.2, 0.25) is 5.88 Å². The van der Waals surface area contributed by atoms with Gasteiger partial charge < -0.3 is 14.6 Å². The molecule has 7 heteroatoms. The minimum atomic E-state index is -0.544. The van der Waals surface area contributed by atoms with Gasteiger partial charge in [0.05, 0.1) is 19.5 Å². The lowest BCUT2D eigenvalue weighted by atomic mass is 10.1. The van der Waals surface area contributed by atoms with E-state index in [0.717, 1.165) is 6.42 Å². The predicted octanol–water partition coefficient (Wildman–Crippen LogP) is 0.505. The highest BCUT2D eigenvalue weighted by molar-refractivity contribution is 5.75. The Balaban J connectivity index is 2.07. The molecule has 0 saturated carbocycles. The van der Waals surface area contributed by atoms with Crippen LogP contribution in [0.4, 0.5) is 0 Å². The SMILES string of the molecule is COc1ncnc2c1ncn2[C@@H]1OCCC[C@H]1O. The van der Waals surface area contributed by atoms with Gasteiger partial charge in [-0.2, -0.15) is 4.98 Å². The summed E-state index contributed by atoms with van der Waals surface area (Å²) in [4.78, 5) is 12.4. The molecule has 1 saturated heterocycles. The summed E-state index contributed by atoms with van der Waals surface area (Å²) in [5.74, 6) is 0.420. The summed E-state index contributed by atoms with van der Waals surface area (Å²) in [6.07, 6.45) is 3.60. The zero-order valence-corrected chi connectivity index (χ0v) is 9.98. The molecule has 7 nitrogen and oxygen atoms in total. The van der Waals surface area contributed by atoms with E-state index < -0.39 is 12.3 Å². The highest BCUT2D eigenvalue weighted by atomic mass is 16.5. The van der Waals surface area contributed by atoms with Gasteiger partial charge in [-0.05, 0) is 12.8 Å². The number of fused-ring (bicyclic) bond motifs is 1. The highest BCUT2D eigenvalue weighted by Crippen LogP contribution is 2.28. The van der Waals surface area contributed by atoms with Gasteiger partial charge in [0.1, 0.15) is 6.33 Å². The lowest BCUT2D eigenvalue weighted by Crippen LogP contribution is -2.31. The largest absolute Gasteiger partial charge is 0.479 e. The van der Waals surface area contributed by atoms with E-state index in [1.165, 1.54) is 13.4 Å². The van der Waals surface area contributed by atoms with Crippen LogP contribution in [-0.2, 0) is 4.74 Å². The van der Waals surface area contributed by atoms with Crippen molar-refractivity contribution < 1.29 is 14.6 Å². The molecule has 2 atom stereocenters. The van der Waals surface area contributed by atoms with E-state index in [1.807, 2.05) is 0 Å². The lowest BCUT2D eigenvalue weighted by Gasteiger charge is -2.28. The van der Waals surface area contributed by atoms with Crippen LogP contribution in [0.2, 0.25) is 0 Å². The van der Waals surface area contributed by atoms with Crippen LogP contribution in [0.3, 0.4) is 0 Å². The normalized spacial score (nSPS) is 24.3. The second-order valence-corrected chi connectivity index (χ2v) is 4.18. The van der Waals surface area contributed by atoms with E-state index in [9.17, 15) is 5.11 Å². The number of imidazole rings is 1. The number of hydrogen-bond donors (Lipinski definition) is 1. The van der Waals surface area contributed by atoms with Gasteiger partial charge in [-0.1, -0.05) is 0 Å². The molecule has 96 valence electrons. The molecule has 1 fully saturated rings. The van der Waals surface area contributed by atoms with Crippen molar-refractivity contribution in [2.45, 2.75) is 25.2 Å². The molecule has 0 unspecified atom stereocenters. The fourth-order valence-electron chi connectivity index (χ4n) is 2.18.